The van der Waals surface area contributed by atoms with E-state index in [1.807, 2.05) is 11.8 Å². The van der Waals surface area contributed by atoms with Crippen molar-refractivity contribution >= 4 is 11.8 Å². The largest absolute Gasteiger partial charge is 0.355 e. The Hall–Kier alpha value is -2.02. The van der Waals surface area contributed by atoms with Crippen LogP contribution in [0.25, 0.3) is 0 Å². The van der Waals surface area contributed by atoms with Crippen LogP contribution in [-0.2, 0) is 4.79 Å². The Labute approximate surface area is 179 Å². The number of aryl methyl sites for hydroxylation is 1. The van der Waals surface area contributed by atoms with Crippen molar-refractivity contribution in [2.24, 2.45) is 22.7 Å². The molecule has 2 saturated heterocycles. The summed E-state index contributed by atoms with van der Waals surface area (Å²) in [5.41, 5.74) is 1.13. The fourth-order valence-corrected chi connectivity index (χ4v) is 6.06. The summed E-state index contributed by atoms with van der Waals surface area (Å²) in [6.07, 6.45) is 7.21. The molecule has 0 bridgehead atoms. The number of hydrogen-bond donors (Lipinski definition) is 1. The topological polar surface area (TPSA) is 78.4 Å². The molecule has 1 saturated carbocycles. The Bertz CT molecular complexity index is 800. The van der Waals surface area contributed by atoms with E-state index in [1.165, 1.54) is 0 Å². The first-order chi connectivity index (χ1) is 14.3. The molecule has 2 aliphatic heterocycles. The number of amides is 2. The van der Waals surface area contributed by atoms with Gasteiger partial charge in [-0.25, -0.2) is 4.98 Å². The predicted molar refractivity (Wildman–Crippen MR) is 115 cm³/mol. The van der Waals surface area contributed by atoms with Gasteiger partial charge >= 0.3 is 0 Å². The van der Waals surface area contributed by atoms with Crippen LogP contribution in [0.3, 0.4) is 0 Å². The molecule has 1 aromatic heterocycles. The van der Waals surface area contributed by atoms with E-state index in [2.05, 4.69) is 41.1 Å². The minimum atomic E-state index is -0.266. The Balaban J connectivity index is 1.46. The summed E-state index contributed by atoms with van der Waals surface area (Å²) in [4.78, 5) is 38.9. The SMILES string of the molecule is Cc1cnc(C(=O)N2CCC3(CC2)CC[C@@]2(C(=O)NCC(C)C)CN(C)C[C@@H]32)cn1. The number of likely N-dealkylation sites (tertiary alicyclic amines) is 2. The Morgan fingerprint density at radius 3 is 2.53 bits per heavy atom. The van der Waals surface area contributed by atoms with Gasteiger partial charge < -0.3 is 15.1 Å². The van der Waals surface area contributed by atoms with Gasteiger partial charge in [0, 0.05) is 38.9 Å². The van der Waals surface area contributed by atoms with E-state index in [1.54, 1.807) is 12.4 Å². The molecule has 30 heavy (non-hydrogen) atoms. The first-order valence-electron chi connectivity index (χ1n) is 11.3. The highest BCUT2D eigenvalue weighted by Crippen LogP contribution is 2.61. The van der Waals surface area contributed by atoms with Gasteiger partial charge in [0.25, 0.3) is 5.91 Å². The minimum absolute atomic E-state index is 0.0279. The lowest BCUT2D eigenvalue weighted by molar-refractivity contribution is -0.133. The second-order valence-corrected chi connectivity index (χ2v) is 10.2. The number of piperidine rings is 1. The molecule has 7 heteroatoms. The van der Waals surface area contributed by atoms with E-state index in [0.29, 0.717) is 17.5 Å². The van der Waals surface area contributed by atoms with Crippen molar-refractivity contribution in [1.29, 1.82) is 0 Å². The molecule has 1 N–H and O–H groups in total. The molecule has 3 aliphatic rings. The van der Waals surface area contributed by atoms with Gasteiger partial charge in [-0.15, -0.1) is 0 Å². The van der Waals surface area contributed by atoms with Crippen LogP contribution in [0.4, 0.5) is 0 Å². The molecule has 1 aliphatic carbocycles. The van der Waals surface area contributed by atoms with E-state index in [0.717, 1.165) is 64.1 Å². The Morgan fingerprint density at radius 1 is 1.17 bits per heavy atom. The van der Waals surface area contributed by atoms with Gasteiger partial charge in [0.1, 0.15) is 5.69 Å². The fraction of sp³-hybridized carbons (Fsp3) is 0.739. The van der Waals surface area contributed by atoms with Crippen molar-refractivity contribution in [1.82, 2.24) is 25.1 Å². The highest BCUT2D eigenvalue weighted by molar-refractivity contribution is 5.92. The maximum absolute atomic E-state index is 13.3. The van der Waals surface area contributed by atoms with Gasteiger partial charge in [-0.2, -0.15) is 0 Å². The zero-order chi connectivity index (χ0) is 21.5. The van der Waals surface area contributed by atoms with Crippen molar-refractivity contribution in [3.05, 3.63) is 23.8 Å². The summed E-state index contributed by atoms with van der Waals surface area (Å²) in [6, 6.07) is 0. The molecule has 2 atom stereocenters. The minimum Gasteiger partial charge on any atom is -0.355 e. The quantitative estimate of drug-likeness (QED) is 0.818. The Kier molecular flexibility index (Phi) is 5.60. The number of rotatable bonds is 4. The van der Waals surface area contributed by atoms with Gasteiger partial charge in [0.2, 0.25) is 5.91 Å². The number of nitrogens with one attached hydrogen (secondary N) is 1. The van der Waals surface area contributed by atoms with Crippen LogP contribution in [0.1, 0.15) is 55.7 Å². The summed E-state index contributed by atoms with van der Waals surface area (Å²) < 4.78 is 0. The first-order valence-corrected chi connectivity index (χ1v) is 11.3. The maximum atomic E-state index is 13.3. The summed E-state index contributed by atoms with van der Waals surface area (Å²) in [5, 5.41) is 3.24. The molecule has 0 unspecified atom stereocenters. The molecule has 2 amide bonds. The first kappa shape index (κ1) is 21.2. The number of carbonyl (C=O) groups excluding carboxylic acids is 2. The number of aromatic nitrogens is 2. The summed E-state index contributed by atoms with van der Waals surface area (Å²) in [5.74, 6) is 1.05. The molecule has 164 valence electrons. The van der Waals surface area contributed by atoms with Gasteiger partial charge in [-0.3, -0.25) is 14.6 Å². The van der Waals surface area contributed by atoms with Crippen LogP contribution in [0.15, 0.2) is 12.4 Å². The van der Waals surface area contributed by atoms with E-state index >= 15 is 0 Å². The third-order valence-corrected chi connectivity index (χ3v) is 7.69. The normalized spacial score (nSPS) is 28.2. The second-order valence-electron chi connectivity index (χ2n) is 10.2. The average molecular weight is 414 g/mol. The molecule has 0 aromatic carbocycles. The molecule has 4 rings (SSSR count). The van der Waals surface area contributed by atoms with E-state index in [-0.39, 0.29) is 22.6 Å². The number of carbonyl (C=O) groups is 2. The van der Waals surface area contributed by atoms with Gasteiger partial charge in [-0.1, -0.05) is 13.8 Å². The van der Waals surface area contributed by atoms with Crippen molar-refractivity contribution in [2.45, 2.75) is 46.5 Å². The molecule has 1 aromatic rings. The third-order valence-electron chi connectivity index (χ3n) is 7.69. The van der Waals surface area contributed by atoms with Crippen molar-refractivity contribution in [3.8, 4) is 0 Å². The van der Waals surface area contributed by atoms with Gasteiger partial charge in [0.15, 0.2) is 0 Å². The monoisotopic (exact) mass is 413 g/mol. The zero-order valence-corrected chi connectivity index (χ0v) is 18.8. The van der Waals surface area contributed by atoms with Crippen molar-refractivity contribution < 1.29 is 9.59 Å². The lowest BCUT2D eigenvalue weighted by atomic mass is 9.65. The Morgan fingerprint density at radius 2 is 1.90 bits per heavy atom. The lowest BCUT2D eigenvalue weighted by Crippen LogP contribution is -2.50. The van der Waals surface area contributed by atoms with Crippen LogP contribution < -0.4 is 5.32 Å². The molecule has 0 radical (unpaired) electrons. The van der Waals surface area contributed by atoms with Crippen LogP contribution >= 0.6 is 0 Å². The molecule has 7 nitrogen and oxygen atoms in total. The molecule has 1 spiro atoms. The van der Waals surface area contributed by atoms with Crippen molar-refractivity contribution in [2.75, 3.05) is 39.8 Å². The molecular formula is C23H35N5O2. The fourth-order valence-electron chi connectivity index (χ4n) is 6.06. The van der Waals surface area contributed by atoms with E-state index < -0.39 is 0 Å². The van der Waals surface area contributed by atoms with E-state index in [4.69, 9.17) is 0 Å². The summed E-state index contributed by atoms with van der Waals surface area (Å²) >= 11 is 0. The highest BCUT2D eigenvalue weighted by atomic mass is 16.2. The van der Waals surface area contributed by atoms with Crippen LogP contribution in [-0.4, -0.2) is 71.4 Å². The summed E-state index contributed by atoms with van der Waals surface area (Å²) in [7, 11) is 2.14. The second kappa shape index (κ2) is 7.91. The predicted octanol–water partition coefficient (Wildman–Crippen LogP) is 2.12. The highest BCUT2D eigenvalue weighted by Gasteiger charge is 2.63. The number of hydrogen-bond acceptors (Lipinski definition) is 5. The van der Waals surface area contributed by atoms with Crippen LogP contribution in [0, 0.1) is 29.6 Å². The standard InChI is InChI=1S/C23H35N5O2/c1-16(2)11-26-21(30)23-6-5-22(19(23)14-27(4)15-23)7-9-28(10-8-22)20(29)18-13-24-17(3)12-25-18/h12-13,16,19H,5-11,14-15H2,1-4H3,(H,26,30)/t19-,23+/m0/s1. The van der Waals surface area contributed by atoms with E-state index in [9.17, 15) is 9.59 Å². The van der Waals surface area contributed by atoms with Crippen LogP contribution in [0.2, 0.25) is 0 Å². The number of fused-ring (bicyclic) bond motifs is 2. The smallest absolute Gasteiger partial charge is 0.274 e. The lowest BCUT2D eigenvalue weighted by Gasteiger charge is -2.44. The van der Waals surface area contributed by atoms with Gasteiger partial charge in [0.05, 0.1) is 17.3 Å². The molecular weight excluding hydrogens is 378 g/mol. The number of nitrogens with zero attached hydrogens (tertiary/aromatic N) is 4. The zero-order valence-electron chi connectivity index (χ0n) is 18.8. The third kappa shape index (κ3) is 3.61. The maximum Gasteiger partial charge on any atom is 0.274 e. The van der Waals surface area contributed by atoms with Crippen LogP contribution in [0.5, 0.6) is 0 Å². The van der Waals surface area contributed by atoms with Crippen molar-refractivity contribution in [3.63, 3.8) is 0 Å². The summed E-state index contributed by atoms with van der Waals surface area (Å²) in [6.45, 7) is 10.2. The molecule has 3 heterocycles. The van der Waals surface area contributed by atoms with Gasteiger partial charge in [-0.05, 0) is 56.9 Å². The molecule has 3 fully saturated rings. The average Bonchev–Trinajstić information content (AvgIpc) is 3.22.